The molecule has 0 amide bonds. The molecule has 0 aliphatic heterocycles. The van der Waals surface area contributed by atoms with Crippen LogP contribution in [0.1, 0.15) is 24.1 Å². The number of hydrogen-bond acceptors (Lipinski definition) is 1. The molecule has 0 aromatic heterocycles. The highest BCUT2D eigenvalue weighted by molar-refractivity contribution is 9.10. The molecular weight excluding hydrogens is 329 g/mol. The summed E-state index contributed by atoms with van der Waals surface area (Å²) in [4.78, 5) is 0. The van der Waals surface area contributed by atoms with Crippen LogP contribution in [0.5, 0.6) is 0 Å². The van der Waals surface area contributed by atoms with Gasteiger partial charge in [0.05, 0.1) is 0 Å². The van der Waals surface area contributed by atoms with Crippen LogP contribution in [-0.2, 0) is 6.54 Å². The molecular formula is C15H14BrClFN. The summed E-state index contributed by atoms with van der Waals surface area (Å²) in [5, 5.41) is 3.84. The monoisotopic (exact) mass is 341 g/mol. The van der Waals surface area contributed by atoms with Crippen molar-refractivity contribution >= 4 is 27.5 Å². The maximum Gasteiger partial charge on any atom is 0.127 e. The number of rotatable bonds is 4. The second-order valence-corrected chi connectivity index (χ2v) is 5.75. The molecule has 19 heavy (non-hydrogen) atoms. The Balaban J connectivity index is 2.04. The fourth-order valence-corrected chi connectivity index (χ4v) is 2.45. The van der Waals surface area contributed by atoms with Gasteiger partial charge in [0, 0.05) is 27.6 Å². The minimum Gasteiger partial charge on any atom is -0.306 e. The van der Waals surface area contributed by atoms with Gasteiger partial charge in [-0.05, 0) is 42.8 Å². The first kappa shape index (κ1) is 14.5. The lowest BCUT2D eigenvalue weighted by atomic mass is 10.1. The molecule has 0 saturated carbocycles. The summed E-state index contributed by atoms with van der Waals surface area (Å²) >= 11 is 9.31. The zero-order chi connectivity index (χ0) is 13.8. The van der Waals surface area contributed by atoms with Gasteiger partial charge in [0.2, 0.25) is 0 Å². The number of hydrogen-bond donors (Lipinski definition) is 1. The van der Waals surface area contributed by atoms with Gasteiger partial charge in [0.15, 0.2) is 0 Å². The van der Waals surface area contributed by atoms with Crippen LogP contribution in [0, 0.1) is 5.82 Å². The van der Waals surface area contributed by atoms with Gasteiger partial charge in [-0.15, -0.1) is 0 Å². The van der Waals surface area contributed by atoms with Crippen molar-refractivity contribution in [3.8, 4) is 0 Å². The van der Waals surface area contributed by atoms with Crippen molar-refractivity contribution < 1.29 is 4.39 Å². The van der Waals surface area contributed by atoms with Gasteiger partial charge in [-0.3, -0.25) is 0 Å². The van der Waals surface area contributed by atoms with Crippen molar-refractivity contribution in [3.63, 3.8) is 0 Å². The molecule has 1 atom stereocenters. The first-order chi connectivity index (χ1) is 9.06. The van der Waals surface area contributed by atoms with Crippen molar-refractivity contribution in [3.05, 3.63) is 68.9 Å². The summed E-state index contributed by atoms with van der Waals surface area (Å²) in [7, 11) is 0. The average molecular weight is 343 g/mol. The van der Waals surface area contributed by atoms with Gasteiger partial charge >= 0.3 is 0 Å². The summed E-state index contributed by atoms with van der Waals surface area (Å²) in [5.74, 6) is -0.238. The Morgan fingerprint density at radius 3 is 2.79 bits per heavy atom. The highest BCUT2D eigenvalue weighted by Crippen LogP contribution is 2.19. The lowest BCUT2D eigenvalue weighted by Crippen LogP contribution is -2.18. The van der Waals surface area contributed by atoms with Gasteiger partial charge in [-0.2, -0.15) is 0 Å². The van der Waals surface area contributed by atoms with E-state index in [9.17, 15) is 4.39 Å². The molecule has 0 unspecified atom stereocenters. The van der Waals surface area contributed by atoms with E-state index < -0.39 is 0 Å². The van der Waals surface area contributed by atoms with Crippen LogP contribution in [0.25, 0.3) is 0 Å². The van der Waals surface area contributed by atoms with E-state index in [-0.39, 0.29) is 11.9 Å². The van der Waals surface area contributed by atoms with Gasteiger partial charge in [0.1, 0.15) is 5.82 Å². The van der Waals surface area contributed by atoms with Gasteiger partial charge in [-0.25, -0.2) is 4.39 Å². The van der Waals surface area contributed by atoms with E-state index in [1.165, 1.54) is 6.07 Å². The van der Waals surface area contributed by atoms with E-state index in [1.54, 1.807) is 12.1 Å². The Labute approximate surface area is 125 Å². The molecule has 0 fully saturated rings. The first-order valence-corrected chi connectivity index (χ1v) is 7.16. The molecule has 4 heteroatoms. The fraction of sp³-hybridized carbons (Fsp3) is 0.200. The van der Waals surface area contributed by atoms with Crippen molar-refractivity contribution in [2.45, 2.75) is 19.5 Å². The minimum atomic E-state index is -0.238. The highest BCUT2D eigenvalue weighted by atomic mass is 79.9. The third-order valence-electron chi connectivity index (χ3n) is 2.96. The predicted molar refractivity (Wildman–Crippen MR) is 80.8 cm³/mol. The van der Waals surface area contributed by atoms with E-state index in [4.69, 9.17) is 11.6 Å². The molecule has 0 aliphatic rings. The second-order valence-electron chi connectivity index (χ2n) is 4.39. The molecule has 0 spiro atoms. The first-order valence-electron chi connectivity index (χ1n) is 5.99. The largest absolute Gasteiger partial charge is 0.306 e. The standard InChI is InChI=1S/C15H14BrClFN/c1-10(11-3-2-4-13(16)7-11)19-9-12-8-14(17)5-6-15(12)18/h2-8,10,19H,9H2,1H3/t10-/m0/s1. The maximum atomic E-state index is 13.6. The Bertz CT molecular complexity index is 574. The van der Waals surface area contributed by atoms with Crippen LogP contribution in [0.15, 0.2) is 46.9 Å². The van der Waals surface area contributed by atoms with Crippen LogP contribution in [-0.4, -0.2) is 0 Å². The van der Waals surface area contributed by atoms with E-state index in [0.29, 0.717) is 17.1 Å². The molecule has 0 radical (unpaired) electrons. The van der Waals surface area contributed by atoms with Gasteiger partial charge in [-0.1, -0.05) is 39.7 Å². The summed E-state index contributed by atoms with van der Waals surface area (Å²) in [6.45, 7) is 2.49. The highest BCUT2D eigenvalue weighted by Gasteiger charge is 2.08. The van der Waals surface area contributed by atoms with E-state index in [2.05, 4.69) is 21.2 Å². The van der Waals surface area contributed by atoms with Gasteiger partial charge in [0.25, 0.3) is 0 Å². The number of benzene rings is 2. The number of nitrogens with one attached hydrogen (secondary N) is 1. The summed E-state index contributed by atoms with van der Waals surface area (Å²) in [5.41, 5.74) is 1.73. The maximum absolute atomic E-state index is 13.6. The van der Waals surface area contributed by atoms with Gasteiger partial charge < -0.3 is 5.32 Å². The normalized spacial score (nSPS) is 12.4. The quantitative estimate of drug-likeness (QED) is 0.816. The van der Waals surface area contributed by atoms with Crippen LogP contribution < -0.4 is 5.32 Å². The fourth-order valence-electron chi connectivity index (χ4n) is 1.84. The Hall–Kier alpha value is -0.900. The summed E-state index contributed by atoms with van der Waals surface area (Å²) < 4.78 is 14.6. The second kappa shape index (κ2) is 6.51. The molecule has 0 aliphatic carbocycles. The molecule has 1 nitrogen and oxygen atoms in total. The SMILES string of the molecule is C[C@H](NCc1cc(Cl)ccc1F)c1cccc(Br)c1. The lowest BCUT2D eigenvalue weighted by Gasteiger charge is -2.15. The van der Waals surface area contributed by atoms with Crippen molar-refractivity contribution in [2.24, 2.45) is 0 Å². The van der Waals surface area contributed by atoms with Crippen molar-refractivity contribution in [1.82, 2.24) is 5.32 Å². The molecule has 100 valence electrons. The number of halogens is 3. The van der Waals surface area contributed by atoms with Crippen LogP contribution in [0.4, 0.5) is 4.39 Å². The Kier molecular flexibility index (Phi) is 4.97. The molecule has 2 aromatic rings. The molecule has 0 bridgehead atoms. The van der Waals surface area contributed by atoms with Crippen LogP contribution >= 0.6 is 27.5 Å². The predicted octanol–water partition coefficient (Wildman–Crippen LogP) is 5.09. The third kappa shape index (κ3) is 4.03. The third-order valence-corrected chi connectivity index (χ3v) is 3.68. The molecule has 0 saturated heterocycles. The van der Waals surface area contributed by atoms with Crippen molar-refractivity contribution in [2.75, 3.05) is 0 Å². The zero-order valence-electron chi connectivity index (χ0n) is 10.5. The summed E-state index contributed by atoms with van der Waals surface area (Å²) in [6, 6.07) is 12.8. The molecule has 0 heterocycles. The molecule has 2 aromatic carbocycles. The Morgan fingerprint density at radius 1 is 1.26 bits per heavy atom. The topological polar surface area (TPSA) is 12.0 Å². The van der Waals surface area contributed by atoms with E-state index in [1.807, 2.05) is 31.2 Å². The summed E-state index contributed by atoms with van der Waals surface area (Å²) in [6.07, 6.45) is 0. The Morgan fingerprint density at radius 2 is 2.05 bits per heavy atom. The molecule has 1 N–H and O–H groups in total. The zero-order valence-corrected chi connectivity index (χ0v) is 12.8. The smallest absolute Gasteiger partial charge is 0.127 e. The van der Waals surface area contributed by atoms with E-state index in [0.717, 1.165) is 10.0 Å². The van der Waals surface area contributed by atoms with Crippen LogP contribution in [0.3, 0.4) is 0 Å². The van der Waals surface area contributed by atoms with E-state index >= 15 is 0 Å². The van der Waals surface area contributed by atoms with Crippen molar-refractivity contribution in [1.29, 1.82) is 0 Å². The lowest BCUT2D eigenvalue weighted by molar-refractivity contribution is 0.544. The molecule has 2 rings (SSSR count). The average Bonchev–Trinajstić information content (AvgIpc) is 2.39. The van der Waals surface area contributed by atoms with Crippen LogP contribution in [0.2, 0.25) is 5.02 Å². The minimum absolute atomic E-state index is 0.135.